The number of pyridine rings is 1. The van der Waals surface area contributed by atoms with Gasteiger partial charge in [-0.05, 0) is 18.6 Å². The third-order valence-electron chi connectivity index (χ3n) is 4.33. The predicted octanol–water partition coefficient (Wildman–Crippen LogP) is 1.37. The summed E-state index contributed by atoms with van der Waals surface area (Å²) in [5, 5.41) is -0.0679. The lowest BCUT2D eigenvalue weighted by atomic mass is 10.2. The number of imidazole rings is 1. The van der Waals surface area contributed by atoms with Crippen molar-refractivity contribution in [2.75, 3.05) is 26.2 Å². The largest absolute Gasteiger partial charge is 0.433 e. The lowest BCUT2D eigenvalue weighted by molar-refractivity contribution is -0.141. The molecule has 1 fully saturated rings. The highest BCUT2D eigenvalue weighted by Crippen LogP contribution is 2.27. The minimum Gasteiger partial charge on any atom is -0.339 e. The number of nitrogens with zero attached hydrogens (tertiary/aromatic N) is 5. The van der Waals surface area contributed by atoms with Crippen LogP contribution in [0.1, 0.15) is 22.5 Å². The van der Waals surface area contributed by atoms with E-state index >= 15 is 0 Å². The van der Waals surface area contributed by atoms with Gasteiger partial charge < -0.3 is 9.47 Å². The quantitative estimate of drug-likeness (QED) is 0.753. The summed E-state index contributed by atoms with van der Waals surface area (Å²) in [7, 11) is -2.11. The Kier molecular flexibility index (Phi) is 5.44. The standard InChI is InChI=1S/C16H18F3N5O3S/c1-22-10-14(21-11-22)28(26,27)24-6-2-5-23(7-8-24)15(25)12-3-4-13(20-9-12)16(17,18)19/h3-4,9-11H,2,5-8H2,1H3. The SMILES string of the molecule is Cn1cnc(S(=O)(=O)N2CCCN(C(=O)c3ccc(C(F)(F)F)nc3)CC2)c1. The molecule has 1 amide bonds. The predicted molar refractivity (Wildman–Crippen MR) is 91.7 cm³/mol. The number of amides is 1. The molecule has 1 aliphatic rings. The second kappa shape index (κ2) is 7.51. The van der Waals surface area contributed by atoms with E-state index in [2.05, 4.69) is 9.97 Å². The number of sulfonamides is 1. The molecule has 0 atom stereocenters. The molecule has 2 aromatic heterocycles. The van der Waals surface area contributed by atoms with Gasteiger partial charge in [-0.25, -0.2) is 13.4 Å². The number of hydrogen-bond donors (Lipinski definition) is 0. The van der Waals surface area contributed by atoms with Crippen molar-refractivity contribution in [3.05, 3.63) is 42.1 Å². The Hall–Kier alpha value is -2.47. The van der Waals surface area contributed by atoms with Crippen LogP contribution in [-0.2, 0) is 23.2 Å². The van der Waals surface area contributed by atoms with Crippen molar-refractivity contribution >= 4 is 15.9 Å². The number of carbonyl (C=O) groups excluding carboxylic acids is 1. The van der Waals surface area contributed by atoms with Gasteiger partial charge in [-0.2, -0.15) is 17.5 Å². The van der Waals surface area contributed by atoms with Gasteiger partial charge in [-0.1, -0.05) is 0 Å². The molecule has 0 N–H and O–H groups in total. The van der Waals surface area contributed by atoms with E-state index < -0.39 is 27.8 Å². The number of hydrogen-bond acceptors (Lipinski definition) is 5. The van der Waals surface area contributed by atoms with Crippen LogP contribution >= 0.6 is 0 Å². The molecule has 3 heterocycles. The summed E-state index contributed by atoms with van der Waals surface area (Å²) in [6.07, 6.45) is -0.510. The zero-order valence-electron chi connectivity index (χ0n) is 14.9. The molecule has 0 bridgehead atoms. The van der Waals surface area contributed by atoms with Gasteiger partial charge in [0.1, 0.15) is 5.69 Å². The number of halogens is 3. The first kappa shape index (κ1) is 20.3. The first-order valence-electron chi connectivity index (χ1n) is 8.39. The minimum absolute atomic E-state index is 0.0223. The van der Waals surface area contributed by atoms with Crippen LogP contribution in [0, 0.1) is 0 Å². The molecule has 0 unspecified atom stereocenters. The Morgan fingerprint density at radius 3 is 2.43 bits per heavy atom. The Morgan fingerprint density at radius 1 is 1.11 bits per heavy atom. The van der Waals surface area contributed by atoms with E-state index in [4.69, 9.17) is 0 Å². The Balaban J connectivity index is 1.70. The Labute approximate surface area is 159 Å². The Morgan fingerprint density at radius 2 is 1.86 bits per heavy atom. The summed E-state index contributed by atoms with van der Waals surface area (Å²) < 4.78 is 65.9. The topological polar surface area (TPSA) is 88.4 Å². The second-order valence-corrected chi connectivity index (χ2v) is 8.24. The average molecular weight is 417 g/mol. The van der Waals surface area contributed by atoms with Gasteiger partial charge in [0.2, 0.25) is 0 Å². The highest BCUT2D eigenvalue weighted by atomic mass is 32.2. The van der Waals surface area contributed by atoms with Crippen LogP contribution in [0.4, 0.5) is 13.2 Å². The third kappa shape index (κ3) is 4.17. The molecule has 0 saturated carbocycles. The maximum Gasteiger partial charge on any atom is 0.433 e. The van der Waals surface area contributed by atoms with Crippen LogP contribution < -0.4 is 0 Å². The summed E-state index contributed by atoms with van der Waals surface area (Å²) >= 11 is 0. The van der Waals surface area contributed by atoms with Crippen LogP contribution in [0.25, 0.3) is 0 Å². The minimum atomic E-state index is -4.58. The van der Waals surface area contributed by atoms with Crippen molar-refractivity contribution < 1.29 is 26.4 Å². The molecule has 12 heteroatoms. The highest BCUT2D eigenvalue weighted by Gasteiger charge is 2.33. The van der Waals surface area contributed by atoms with Crippen molar-refractivity contribution in [1.29, 1.82) is 0 Å². The summed E-state index contributed by atoms with van der Waals surface area (Å²) in [6, 6.07) is 1.83. The zero-order chi connectivity index (χ0) is 20.5. The summed E-state index contributed by atoms with van der Waals surface area (Å²) in [4.78, 5) is 21.2. The van der Waals surface area contributed by atoms with Crippen molar-refractivity contribution in [2.24, 2.45) is 7.05 Å². The first-order valence-corrected chi connectivity index (χ1v) is 9.83. The van der Waals surface area contributed by atoms with Gasteiger partial charge in [0, 0.05) is 45.6 Å². The molecule has 28 heavy (non-hydrogen) atoms. The van der Waals surface area contributed by atoms with E-state index in [1.54, 1.807) is 7.05 Å². The smallest absolute Gasteiger partial charge is 0.339 e. The number of rotatable bonds is 3. The van der Waals surface area contributed by atoms with Gasteiger partial charge in [0.25, 0.3) is 15.9 Å². The Bertz CT molecular complexity index is 957. The van der Waals surface area contributed by atoms with Gasteiger partial charge in [-0.3, -0.25) is 9.78 Å². The van der Waals surface area contributed by atoms with E-state index in [1.165, 1.54) is 26.3 Å². The maximum atomic E-state index is 12.7. The molecule has 0 radical (unpaired) electrons. The monoisotopic (exact) mass is 417 g/mol. The number of aromatic nitrogens is 3. The molecule has 0 aliphatic carbocycles. The van der Waals surface area contributed by atoms with E-state index in [0.29, 0.717) is 6.42 Å². The number of alkyl halides is 3. The lowest BCUT2D eigenvalue weighted by Gasteiger charge is -2.21. The normalized spacial score (nSPS) is 16.8. The van der Waals surface area contributed by atoms with Crippen LogP contribution in [0.2, 0.25) is 0 Å². The first-order chi connectivity index (χ1) is 13.1. The highest BCUT2D eigenvalue weighted by molar-refractivity contribution is 7.89. The van der Waals surface area contributed by atoms with Crippen molar-refractivity contribution in [3.8, 4) is 0 Å². The molecular formula is C16H18F3N5O3S. The van der Waals surface area contributed by atoms with E-state index in [-0.39, 0.29) is 36.8 Å². The fourth-order valence-electron chi connectivity index (χ4n) is 2.86. The number of aryl methyl sites for hydroxylation is 1. The molecule has 0 aromatic carbocycles. The van der Waals surface area contributed by atoms with Crippen molar-refractivity contribution in [3.63, 3.8) is 0 Å². The van der Waals surface area contributed by atoms with Gasteiger partial charge in [0.15, 0.2) is 5.03 Å². The lowest BCUT2D eigenvalue weighted by Crippen LogP contribution is -2.37. The second-order valence-electron chi connectivity index (χ2n) is 6.36. The van der Waals surface area contributed by atoms with Crippen LogP contribution in [0.5, 0.6) is 0 Å². The fraction of sp³-hybridized carbons (Fsp3) is 0.438. The molecular weight excluding hydrogens is 399 g/mol. The molecule has 3 rings (SSSR count). The average Bonchev–Trinajstić information content (AvgIpc) is 2.93. The molecule has 8 nitrogen and oxygen atoms in total. The van der Waals surface area contributed by atoms with E-state index in [9.17, 15) is 26.4 Å². The summed E-state index contributed by atoms with van der Waals surface area (Å²) in [6.45, 7) is 0.687. The van der Waals surface area contributed by atoms with Gasteiger partial charge in [-0.15, -0.1) is 0 Å². The van der Waals surface area contributed by atoms with Crippen molar-refractivity contribution in [1.82, 2.24) is 23.7 Å². The molecule has 1 aliphatic heterocycles. The fourth-order valence-corrected chi connectivity index (χ4v) is 4.30. The molecule has 2 aromatic rings. The zero-order valence-corrected chi connectivity index (χ0v) is 15.7. The molecule has 1 saturated heterocycles. The van der Waals surface area contributed by atoms with Crippen LogP contribution in [0.3, 0.4) is 0 Å². The summed E-state index contributed by atoms with van der Waals surface area (Å²) in [5.41, 5.74) is -1.05. The van der Waals surface area contributed by atoms with Gasteiger partial charge in [0.05, 0.1) is 11.9 Å². The van der Waals surface area contributed by atoms with E-state index in [1.807, 2.05) is 0 Å². The molecule has 0 spiro atoms. The van der Waals surface area contributed by atoms with Gasteiger partial charge >= 0.3 is 6.18 Å². The van der Waals surface area contributed by atoms with Crippen LogP contribution in [-0.4, -0.2) is 64.2 Å². The van der Waals surface area contributed by atoms with Crippen molar-refractivity contribution in [2.45, 2.75) is 17.6 Å². The summed E-state index contributed by atoms with van der Waals surface area (Å²) in [5.74, 6) is -0.488. The van der Waals surface area contributed by atoms with Crippen LogP contribution in [0.15, 0.2) is 35.9 Å². The maximum absolute atomic E-state index is 12.7. The molecule has 152 valence electrons. The van der Waals surface area contributed by atoms with E-state index in [0.717, 1.165) is 18.3 Å². The number of carbonyl (C=O) groups is 1. The third-order valence-corrected chi connectivity index (χ3v) is 6.11.